The number of rotatable bonds is 6. The van der Waals surface area contributed by atoms with Gasteiger partial charge >= 0.3 is 6.03 Å². The summed E-state index contributed by atoms with van der Waals surface area (Å²) in [5.74, 6) is -0.201. The van der Waals surface area contributed by atoms with Crippen LogP contribution in [0.5, 0.6) is 0 Å². The van der Waals surface area contributed by atoms with Crippen molar-refractivity contribution in [2.45, 2.75) is 32.2 Å². The molecule has 0 saturated carbocycles. The van der Waals surface area contributed by atoms with E-state index in [0.29, 0.717) is 30.8 Å². The number of benzene rings is 1. The van der Waals surface area contributed by atoms with Crippen molar-refractivity contribution in [2.75, 3.05) is 31.1 Å². The number of aliphatic hydroxyl groups excluding tert-OH is 1. The normalized spacial score (nSPS) is 18.3. The number of anilines is 1. The van der Waals surface area contributed by atoms with Crippen molar-refractivity contribution >= 4 is 11.7 Å². The van der Waals surface area contributed by atoms with Crippen LogP contribution in [0.2, 0.25) is 0 Å². The van der Waals surface area contributed by atoms with Crippen LogP contribution in [0.25, 0.3) is 0 Å². The van der Waals surface area contributed by atoms with E-state index in [1.54, 1.807) is 12.1 Å². The molecule has 0 spiro atoms. The molecule has 1 aliphatic rings. The van der Waals surface area contributed by atoms with E-state index >= 15 is 0 Å². The molecular formula is C18H25FN4O2. The van der Waals surface area contributed by atoms with E-state index in [1.165, 1.54) is 6.07 Å². The number of piperidine rings is 1. The largest absolute Gasteiger partial charge is 0.396 e. The number of hydrogen-bond acceptors (Lipinski definition) is 4. The minimum absolute atomic E-state index is 0.0584. The van der Waals surface area contributed by atoms with Gasteiger partial charge in [0.25, 0.3) is 0 Å². The predicted molar refractivity (Wildman–Crippen MR) is 93.8 cm³/mol. The van der Waals surface area contributed by atoms with Crippen LogP contribution in [0.15, 0.2) is 18.2 Å². The third-order valence-electron chi connectivity index (χ3n) is 4.41. The number of nitrogens with zero attached hydrogens (tertiary/aromatic N) is 2. The van der Waals surface area contributed by atoms with E-state index in [2.05, 4.69) is 10.6 Å². The van der Waals surface area contributed by atoms with Gasteiger partial charge in [0.2, 0.25) is 0 Å². The van der Waals surface area contributed by atoms with E-state index < -0.39 is 5.82 Å². The number of halogens is 1. The Morgan fingerprint density at radius 3 is 3.04 bits per heavy atom. The number of nitrogens with one attached hydrogen (secondary N) is 2. The minimum Gasteiger partial charge on any atom is -0.396 e. The Balaban J connectivity index is 1.88. The second-order valence-electron chi connectivity index (χ2n) is 6.53. The highest BCUT2D eigenvalue weighted by molar-refractivity contribution is 5.74. The highest BCUT2D eigenvalue weighted by Gasteiger charge is 2.23. The van der Waals surface area contributed by atoms with Gasteiger partial charge in [-0.3, -0.25) is 0 Å². The van der Waals surface area contributed by atoms with Gasteiger partial charge in [-0.1, -0.05) is 6.92 Å². The molecule has 0 aromatic heterocycles. The Morgan fingerprint density at radius 2 is 2.36 bits per heavy atom. The standard InChI is InChI=1S/C18H25FN4O2/c1-13(6-8-24)11-21-18(25)22-15-3-2-7-23(12-15)17-5-4-14(10-20)9-16(17)19/h4-5,9,13,15,24H,2-3,6-8,11-12H2,1H3,(H2,21,22,25)/t13-,15+/m0/s1. The molecule has 1 aromatic carbocycles. The number of amides is 2. The molecule has 25 heavy (non-hydrogen) atoms. The van der Waals surface area contributed by atoms with Gasteiger partial charge in [0.1, 0.15) is 5.82 Å². The van der Waals surface area contributed by atoms with Gasteiger partial charge in [-0.15, -0.1) is 0 Å². The Labute approximate surface area is 147 Å². The van der Waals surface area contributed by atoms with Crippen molar-refractivity contribution in [3.05, 3.63) is 29.6 Å². The molecule has 0 bridgehead atoms. The molecule has 3 N–H and O–H groups in total. The number of nitriles is 1. The first-order valence-electron chi connectivity index (χ1n) is 8.63. The maximum atomic E-state index is 14.2. The SMILES string of the molecule is C[C@@H](CCO)CNC(=O)N[C@@H]1CCCN(c2ccc(C#N)cc2F)C1. The van der Waals surface area contributed by atoms with E-state index in [4.69, 9.17) is 10.4 Å². The lowest BCUT2D eigenvalue weighted by molar-refractivity contribution is 0.229. The minimum atomic E-state index is -0.415. The van der Waals surface area contributed by atoms with Crippen molar-refractivity contribution in [1.29, 1.82) is 5.26 Å². The van der Waals surface area contributed by atoms with E-state index in [-0.39, 0.29) is 24.6 Å². The highest BCUT2D eigenvalue weighted by atomic mass is 19.1. The summed E-state index contributed by atoms with van der Waals surface area (Å²) in [6.45, 7) is 3.83. The zero-order valence-electron chi connectivity index (χ0n) is 14.5. The van der Waals surface area contributed by atoms with Gasteiger partial charge in [-0.2, -0.15) is 5.26 Å². The van der Waals surface area contributed by atoms with Crippen LogP contribution in [0.1, 0.15) is 31.7 Å². The van der Waals surface area contributed by atoms with Gasteiger partial charge in [0.05, 0.1) is 17.3 Å². The van der Waals surface area contributed by atoms with E-state index in [1.807, 2.05) is 17.9 Å². The fourth-order valence-electron chi connectivity index (χ4n) is 2.97. The van der Waals surface area contributed by atoms with Gasteiger partial charge in [0.15, 0.2) is 0 Å². The number of carbonyl (C=O) groups excluding carboxylic acids is 1. The summed E-state index contributed by atoms with van der Waals surface area (Å²) in [5, 5.41) is 23.4. The van der Waals surface area contributed by atoms with E-state index in [0.717, 1.165) is 19.4 Å². The summed E-state index contributed by atoms with van der Waals surface area (Å²) in [5.41, 5.74) is 0.756. The molecule has 2 rings (SSSR count). The molecule has 136 valence electrons. The van der Waals surface area contributed by atoms with Crippen molar-refractivity contribution in [1.82, 2.24) is 10.6 Å². The van der Waals surface area contributed by atoms with Crippen LogP contribution in [0.3, 0.4) is 0 Å². The lowest BCUT2D eigenvalue weighted by Crippen LogP contribution is -2.51. The van der Waals surface area contributed by atoms with Crippen LogP contribution in [-0.4, -0.2) is 43.4 Å². The summed E-state index contributed by atoms with van der Waals surface area (Å²) in [7, 11) is 0. The molecule has 2 amide bonds. The molecule has 0 radical (unpaired) electrons. The summed E-state index contributed by atoms with van der Waals surface area (Å²) >= 11 is 0. The second kappa shape index (κ2) is 9.23. The topological polar surface area (TPSA) is 88.4 Å². The quantitative estimate of drug-likeness (QED) is 0.733. The monoisotopic (exact) mass is 348 g/mol. The van der Waals surface area contributed by atoms with Crippen LogP contribution < -0.4 is 15.5 Å². The zero-order chi connectivity index (χ0) is 18.2. The first-order chi connectivity index (χ1) is 12.0. The van der Waals surface area contributed by atoms with Crippen molar-refractivity contribution in [3.63, 3.8) is 0 Å². The maximum Gasteiger partial charge on any atom is 0.315 e. The summed E-state index contributed by atoms with van der Waals surface area (Å²) in [4.78, 5) is 13.9. The van der Waals surface area contributed by atoms with E-state index in [9.17, 15) is 9.18 Å². The Bertz CT molecular complexity index is 632. The lowest BCUT2D eigenvalue weighted by Gasteiger charge is -2.35. The Kier molecular flexibility index (Phi) is 7.02. The average Bonchev–Trinajstić information content (AvgIpc) is 2.60. The molecule has 1 saturated heterocycles. The third kappa shape index (κ3) is 5.61. The number of hydrogen-bond donors (Lipinski definition) is 3. The number of urea groups is 1. The van der Waals surface area contributed by atoms with Crippen LogP contribution in [0, 0.1) is 23.1 Å². The Hall–Kier alpha value is -2.33. The summed E-state index contributed by atoms with van der Waals surface area (Å²) in [6.07, 6.45) is 2.34. The highest BCUT2D eigenvalue weighted by Crippen LogP contribution is 2.24. The fraction of sp³-hybridized carbons (Fsp3) is 0.556. The molecule has 1 aliphatic heterocycles. The molecular weight excluding hydrogens is 323 g/mol. The Morgan fingerprint density at radius 1 is 1.56 bits per heavy atom. The number of aliphatic hydroxyl groups is 1. The van der Waals surface area contributed by atoms with Crippen molar-refractivity contribution in [3.8, 4) is 6.07 Å². The fourth-order valence-corrected chi connectivity index (χ4v) is 2.97. The summed E-state index contributed by atoms with van der Waals surface area (Å²) < 4.78 is 14.2. The van der Waals surface area contributed by atoms with Crippen LogP contribution in [0.4, 0.5) is 14.9 Å². The molecule has 7 heteroatoms. The lowest BCUT2D eigenvalue weighted by atomic mass is 10.0. The van der Waals surface area contributed by atoms with Crippen LogP contribution in [-0.2, 0) is 0 Å². The molecule has 6 nitrogen and oxygen atoms in total. The van der Waals surface area contributed by atoms with Gasteiger partial charge in [-0.05, 0) is 43.4 Å². The first kappa shape index (κ1) is 19.0. The number of carbonyl (C=O) groups is 1. The molecule has 1 aromatic rings. The van der Waals surface area contributed by atoms with Gasteiger partial charge in [-0.25, -0.2) is 9.18 Å². The molecule has 0 aliphatic carbocycles. The smallest absolute Gasteiger partial charge is 0.315 e. The van der Waals surface area contributed by atoms with Gasteiger partial charge in [0, 0.05) is 32.3 Å². The molecule has 1 fully saturated rings. The molecule has 1 heterocycles. The predicted octanol–water partition coefficient (Wildman–Crippen LogP) is 1.98. The first-order valence-corrected chi connectivity index (χ1v) is 8.63. The molecule has 0 unspecified atom stereocenters. The molecule has 2 atom stereocenters. The average molecular weight is 348 g/mol. The second-order valence-corrected chi connectivity index (χ2v) is 6.53. The third-order valence-corrected chi connectivity index (χ3v) is 4.41. The summed E-state index contributed by atoms with van der Waals surface area (Å²) in [6, 6.07) is 6.09. The van der Waals surface area contributed by atoms with Crippen molar-refractivity contribution < 1.29 is 14.3 Å². The maximum absolute atomic E-state index is 14.2. The zero-order valence-corrected chi connectivity index (χ0v) is 14.5. The van der Waals surface area contributed by atoms with Gasteiger partial charge < -0.3 is 20.6 Å². The van der Waals surface area contributed by atoms with Crippen LogP contribution >= 0.6 is 0 Å². The van der Waals surface area contributed by atoms with Crippen molar-refractivity contribution in [2.24, 2.45) is 5.92 Å².